The molecule has 0 spiro atoms. The van der Waals surface area contributed by atoms with Crippen molar-refractivity contribution in [1.29, 1.82) is 0 Å². The predicted molar refractivity (Wildman–Crippen MR) is 160 cm³/mol. The number of sulfonamides is 1. The Morgan fingerprint density at radius 2 is 1.75 bits per heavy atom. The number of H-pyrrole nitrogens is 1. The molecule has 5 aromatic rings. The number of nitrogens with two attached hydrogens (primary N) is 1. The Hall–Kier alpha value is -5.37. The van der Waals surface area contributed by atoms with Gasteiger partial charge in [-0.3, -0.25) is 9.52 Å². The predicted octanol–water partition coefficient (Wildman–Crippen LogP) is 5.64. The van der Waals surface area contributed by atoms with E-state index in [0.717, 1.165) is 17.2 Å². The summed E-state index contributed by atoms with van der Waals surface area (Å²) in [5.74, 6) is -0.648. The van der Waals surface area contributed by atoms with Crippen molar-refractivity contribution in [2.45, 2.75) is 24.9 Å². The second-order valence-electron chi connectivity index (χ2n) is 9.88. The van der Waals surface area contributed by atoms with E-state index in [1.165, 1.54) is 71.8 Å². The molecule has 0 fully saturated rings. The molecule has 44 heavy (non-hydrogen) atoms. The molecule has 0 aliphatic heterocycles. The molecule has 0 radical (unpaired) electrons. The Kier molecular flexibility index (Phi) is 8.02. The fraction of sp³-hybridized carbons (Fsp3) is 0.100. The van der Waals surface area contributed by atoms with Crippen LogP contribution in [0.3, 0.4) is 0 Å². The van der Waals surface area contributed by atoms with Crippen LogP contribution < -0.4 is 15.8 Å². The molecule has 3 aromatic carbocycles. The van der Waals surface area contributed by atoms with Crippen molar-refractivity contribution >= 4 is 33.4 Å². The molecule has 10 nitrogen and oxygen atoms in total. The zero-order valence-electron chi connectivity index (χ0n) is 23.3. The van der Waals surface area contributed by atoms with Gasteiger partial charge in [-0.05, 0) is 80.1 Å². The number of rotatable bonds is 8. The Labute approximate surface area is 250 Å². The first-order valence-corrected chi connectivity index (χ1v) is 14.5. The first-order chi connectivity index (χ1) is 20.8. The molecule has 5 rings (SSSR count). The molecule has 0 bridgehead atoms. The summed E-state index contributed by atoms with van der Waals surface area (Å²) in [6, 6.07) is 17.8. The molecule has 0 atom stereocenters. The summed E-state index contributed by atoms with van der Waals surface area (Å²) in [6.45, 7) is 3.64. The van der Waals surface area contributed by atoms with Gasteiger partial charge in [0.1, 0.15) is 0 Å². The minimum atomic E-state index is -4.66. The second kappa shape index (κ2) is 11.7. The molecule has 2 heterocycles. The fourth-order valence-corrected chi connectivity index (χ4v) is 5.43. The standard InChI is InChI=1S/C30H26F3N7O3S/c1-18-6-7-19(2)25(12-18)27-15-28(30(31,32)33)38-40(27)23-10-8-20(9-11-23)39-44(42,43)24-5-3-4-21(13-24)37-29(41)26(34)14-22-16-35-17-36-22/h3-17,39H,34H2,1-2H3,(H,35,36)(H,37,41)/b26-14-. The number of amides is 1. The summed E-state index contributed by atoms with van der Waals surface area (Å²) in [5, 5.41) is 6.36. The number of hydrogen-bond donors (Lipinski definition) is 4. The number of benzene rings is 3. The molecule has 0 saturated carbocycles. The number of carbonyl (C=O) groups is 1. The monoisotopic (exact) mass is 621 g/mol. The molecular weight excluding hydrogens is 595 g/mol. The van der Waals surface area contributed by atoms with Crippen LogP contribution >= 0.6 is 0 Å². The highest BCUT2D eigenvalue weighted by Gasteiger charge is 2.35. The number of nitrogens with one attached hydrogen (secondary N) is 3. The first-order valence-electron chi connectivity index (χ1n) is 13.1. The third-order valence-electron chi connectivity index (χ3n) is 6.53. The van der Waals surface area contributed by atoms with Crippen LogP contribution in [-0.4, -0.2) is 34.1 Å². The van der Waals surface area contributed by atoms with Crippen LogP contribution in [0.1, 0.15) is 22.5 Å². The van der Waals surface area contributed by atoms with E-state index < -0.39 is 27.8 Å². The number of aryl methyl sites for hydroxylation is 2. The lowest BCUT2D eigenvalue weighted by Crippen LogP contribution is -2.20. The second-order valence-corrected chi connectivity index (χ2v) is 11.6. The van der Waals surface area contributed by atoms with Crippen molar-refractivity contribution in [3.8, 4) is 16.9 Å². The van der Waals surface area contributed by atoms with Gasteiger partial charge in [-0.2, -0.15) is 18.3 Å². The molecular formula is C30H26F3N7O3S. The summed E-state index contributed by atoms with van der Waals surface area (Å²) in [4.78, 5) is 19.0. The van der Waals surface area contributed by atoms with Gasteiger partial charge in [0.05, 0.1) is 40.2 Å². The molecule has 1 amide bonds. The maximum absolute atomic E-state index is 13.6. The third-order valence-corrected chi connectivity index (χ3v) is 7.91. The van der Waals surface area contributed by atoms with Gasteiger partial charge in [-0.15, -0.1) is 0 Å². The van der Waals surface area contributed by atoms with Crippen LogP contribution in [0.25, 0.3) is 23.0 Å². The zero-order valence-corrected chi connectivity index (χ0v) is 24.2. The van der Waals surface area contributed by atoms with Crippen LogP contribution in [0.4, 0.5) is 24.5 Å². The lowest BCUT2D eigenvalue weighted by atomic mass is 10.0. The van der Waals surface area contributed by atoms with E-state index in [1.54, 1.807) is 13.0 Å². The van der Waals surface area contributed by atoms with Gasteiger partial charge in [0.15, 0.2) is 5.69 Å². The van der Waals surface area contributed by atoms with Crippen LogP contribution in [0, 0.1) is 13.8 Å². The normalized spacial score (nSPS) is 12.2. The number of imidazole rings is 1. The highest BCUT2D eigenvalue weighted by atomic mass is 32.2. The Balaban J connectivity index is 1.37. The number of carbonyl (C=O) groups excluding carboxylic acids is 1. The summed E-state index contributed by atoms with van der Waals surface area (Å²) < 4.78 is 70.8. The van der Waals surface area contributed by atoms with Crippen LogP contribution in [0.5, 0.6) is 0 Å². The number of anilines is 2. The highest BCUT2D eigenvalue weighted by Crippen LogP contribution is 2.35. The van der Waals surface area contributed by atoms with Gasteiger partial charge < -0.3 is 16.0 Å². The number of aromatic amines is 1. The van der Waals surface area contributed by atoms with Crippen LogP contribution in [-0.2, 0) is 21.0 Å². The SMILES string of the molecule is Cc1ccc(C)c(-c2cc(C(F)(F)F)nn2-c2ccc(NS(=O)(=O)c3cccc(NC(=O)/C(N)=C/c4cnc[nH]4)c3)cc2)c1. The number of aromatic nitrogens is 4. The van der Waals surface area contributed by atoms with Crippen molar-refractivity contribution in [1.82, 2.24) is 19.7 Å². The van der Waals surface area contributed by atoms with Gasteiger partial charge >= 0.3 is 6.18 Å². The van der Waals surface area contributed by atoms with Gasteiger partial charge in [-0.1, -0.05) is 23.8 Å². The minimum absolute atomic E-state index is 0.124. The Morgan fingerprint density at radius 3 is 2.43 bits per heavy atom. The average Bonchev–Trinajstić information content (AvgIpc) is 3.65. The van der Waals surface area contributed by atoms with E-state index in [2.05, 4.69) is 25.1 Å². The van der Waals surface area contributed by atoms with Gasteiger partial charge in [0.25, 0.3) is 15.9 Å². The van der Waals surface area contributed by atoms with Crippen molar-refractivity contribution in [2.24, 2.45) is 5.73 Å². The van der Waals surface area contributed by atoms with E-state index in [1.807, 2.05) is 19.1 Å². The molecule has 0 aliphatic rings. The maximum Gasteiger partial charge on any atom is 0.435 e. The number of nitrogens with zero attached hydrogens (tertiary/aromatic N) is 3. The van der Waals surface area contributed by atoms with E-state index in [0.29, 0.717) is 16.9 Å². The molecule has 0 unspecified atom stereocenters. The van der Waals surface area contributed by atoms with Crippen molar-refractivity contribution < 1.29 is 26.4 Å². The zero-order chi connectivity index (χ0) is 31.6. The summed E-state index contributed by atoms with van der Waals surface area (Å²) in [7, 11) is -4.12. The minimum Gasteiger partial charge on any atom is -0.394 e. The van der Waals surface area contributed by atoms with E-state index in [9.17, 15) is 26.4 Å². The van der Waals surface area contributed by atoms with Crippen LogP contribution in [0.15, 0.2) is 95.9 Å². The third kappa shape index (κ3) is 6.65. The van der Waals surface area contributed by atoms with Crippen molar-refractivity contribution in [3.05, 3.63) is 114 Å². The Bertz CT molecular complexity index is 1970. The molecule has 2 aromatic heterocycles. The quantitative estimate of drug-likeness (QED) is 0.165. The maximum atomic E-state index is 13.6. The van der Waals surface area contributed by atoms with Crippen molar-refractivity contribution in [2.75, 3.05) is 10.0 Å². The molecule has 0 saturated heterocycles. The van der Waals surface area contributed by atoms with Crippen molar-refractivity contribution in [3.63, 3.8) is 0 Å². The number of hydrogen-bond acceptors (Lipinski definition) is 6. The first kappa shape index (κ1) is 30.1. The number of halogens is 3. The van der Waals surface area contributed by atoms with E-state index in [4.69, 9.17) is 5.73 Å². The summed E-state index contributed by atoms with van der Waals surface area (Å²) in [6.07, 6.45) is -0.379. The fourth-order valence-electron chi connectivity index (χ4n) is 4.33. The van der Waals surface area contributed by atoms with E-state index in [-0.39, 0.29) is 27.7 Å². The van der Waals surface area contributed by atoms with Gasteiger partial charge in [0, 0.05) is 16.9 Å². The lowest BCUT2D eigenvalue weighted by Gasteiger charge is -2.13. The van der Waals surface area contributed by atoms with Gasteiger partial charge in [-0.25, -0.2) is 18.1 Å². The van der Waals surface area contributed by atoms with Crippen LogP contribution in [0.2, 0.25) is 0 Å². The smallest absolute Gasteiger partial charge is 0.394 e. The van der Waals surface area contributed by atoms with Gasteiger partial charge in [0.2, 0.25) is 0 Å². The molecule has 14 heteroatoms. The summed E-state index contributed by atoms with van der Waals surface area (Å²) in [5.41, 5.74) is 8.27. The average molecular weight is 622 g/mol. The summed E-state index contributed by atoms with van der Waals surface area (Å²) >= 11 is 0. The Morgan fingerprint density at radius 1 is 1.00 bits per heavy atom. The topological polar surface area (TPSA) is 148 Å². The lowest BCUT2D eigenvalue weighted by molar-refractivity contribution is -0.141. The highest BCUT2D eigenvalue weighted by molar-refractivity contribution is 7.92. The molecule has 0 aliphatic carbocycles. The number of alkyl halides is 3. The van der Waals surface area contributed by atoms with E-state index >= 15 is 0 Å². The molecule has 226 valence electrons. The largest absolute Gasteiger partial charge is 0.435 e. The molecule has 5 N–H and O–H groups in total.